The molecule has 0 aliphatic heterocycles. The molecule has 0 saturated heterocycles. The SMILES string of the molecule is CC/C=C\C/C=C\C/C=C\CCCCCCCC(=O)OCC(COC(=O)CCCCCCCCCCCCCCCCCCCCCC)OC(=O)CCCCCCCCC/C=C\CCCCCCCC. The van der Waals surface area contributed by atoms with E-state index < -0.39 is 6.10 Å². The Hall–Kier alpha value is -2.63. The Labute approximate surface area is 435 Å². The van der Waals surface area contributed by atoms with Crippen molar-refractivity contribution in [1.82, 2.24) is 0 Å². The number of rotatable bonds is 56. The summed E-state index contributed by atoms with van der Waals surface area (Å²) in [6, 6.07) is 0. The number of esters is 3. The highest BCUT2D eigenvalue weighted by Crippen LogP contribution is 2.17. The molecule has 0 spiro atoms. The van der Waals surface area contributed by atoms with E-state index in [-0.39, 0.29) is 31.1 Å². The van der Waals surface area contributed by atoms with Gasteiger partial charge >= 0.3 is 17.9 Å². The van der Waals surface area contributed by atoms with Crippen molar-refractivity contribution in [3.63, 3.8) is 0 Å². The Bertz CT molecular complexity index is 1220. The minimum absolute atomic E-state index is 0.0771. The highest BCUT2D eigenvalue weighted by molar-refractivity contribution is 5.71. The summed E-state index contributed by atoms with van der Waals surface area (Å²) in [5.41, 5.74) is 0. The summed E-state index contributed by atoms with van der Waals surface area (Å²) in [6.07, 6.45) is 72.5. The van der Waals surface area contributed by atoms with Gasteiger partial charge in [-0.3, -0.25) is 14.4 Å². The number of hydrogen-bond donors (Lipinski definition) is 0. The predicted octanol–water partition coefficient (Wildman–Crippen LogP) is 20.6. The smallest absolute Gasteiger partial charge is 0.306 e. The molecule has 0 N–H and O–H groups in total. The quantitative estimate of drug-likeness (QED) is 0.0261. The van der Waals surface area contributed by atoms with Crippen LogP contribution in [-0.2, 0) is 28.6 Å². The number of carbonyl (C=O) groups is 3. The first kappa shape index (κ1) is 67.4. The average Bonchev–Trinajstić information content (AvgIpc) is 3.36. The van der Waals surface area contributed by atoms with Crippen LogP contribution in [0.4, 0.5) is 0 Å². The number of carbonyl (C=O) groups excluding carboxylic acids is 3. The summed E-state index contributed by atoms with van der Waals surface area (Å²) < 4.78 is 16.9. The maximum atomic E-state index is 12.9. The molecule has 70 heavy (non-hydrogen) atoms. The van der Waals surface area contributed by atoms with Gasteiger partial charge in [-0.2, -0.15) is 0 Å². The van der Waals surface area contributed by atoms with Gasteiger partial charge < -0.3 is 14.2 Å². The van der Waals surface area contributed by atoms with Crippen molar-refractivity contribution in [3.8, 4) is 0 Å². The molecule has 0 amide bonds. The molecule has 0 saturated carbocycles. The second-order valence-corrected chi connectivity index (χ2v) is 20.6. The minimum atomic E-state index is -0.781. The molecule has 0 rings (SSSR count). The van der Waals surface area contributed by atoms with Crippen LogP contribution < -0.4 is 0 Å². The van der Waals surface area contributed by atoms with Crippen LogP contribution in [0.2, 0.25) is 0 Å². The average molecular weight is 982 g/mol. The van der Waals surface area contributed by atoms with Crippen molar-refractivity contribution in [2.45, 2.75) is 329 Å². The molecule has 1 atom stereocenters. The highest BCUT2D eigenvalue weighted by atomic mass is 16.6. The van der Waals surface area contributed by atoms with Crippen LogP contribution in [0.3, 0.4) is 0 Å². The summed E-state index contributed by atoms with van der Waals surface area (Å²) in [6.45, 7) is 6.55. The lowest BCUT2D eigenvalue weighted by Gasteiger charge is -2.18. The fourth-order valence-corrected chi connectivity index (χ4v) is 8.98. The van der Waals surface area contributed by atoms with Crippen LogP contribution in [0.1, 0.15) is 323 Å². The summed E-state index contributed by atoms with van der Waals surface area (Å²) in [5, 5.41) is 0. The third-order valence-corrected chi connectivity index (χ3v) is 13.6. The molecule has 0 aliphatic rings. The van der Waals surface area contributed by atoms with E-state index >= 15 is 0 Å². The Kier molecular flexibility index (Phi) is 56.7. The molecule has 0 aromatic carbocycles. The van der Waals surface area contributed by atoms with Crippen LogP contribution in [0.5, 0.6) is 0 Å². The van der Waals surface area contributed by atoms with Crippen LogP contribution in [0, 0.1) is 0 Å². The van der Waals surface area contributed by atoms with E-state index in [0.717, 1.165) is 96.3 Å². The minimum Gasteiger partial charge on any atom is -0.462 e. The lowest BCUT2D eigenvalue weighted by atomic mass is 10.0. The summed E-state index contributed by atoms with van der Waals surface area (Å²) in [7, 11) is 0. The number of hydrogen-bond acceptors (Lipinski definition) is 6. The van der Waals surface area contributed by atoms with E-state index in [2.05, 4.69) is 69.4 Å². The number of allylic oxidation sites excluding steroid dienone is 8. The Morgan fingerprint density at radius 2 is 0.557 bits per heavy atom. The zero-order valence-corrected chi connectivity index (χ0v) is 46.8. The molecule has 0 radical (unpaired) electrons. The van der Waals surface area contributed by atoms with Gasteiger partial charge in [-0.15, -0.1) is 0 Å². The molecule has 0 aliphatic carbocycles. The summed E-state index contributed by atoms with van der Waals surface area (Å²) in [4.78, 5) is 38.2. The predicted molar refractivity (Wildman–Crippen MR) is 302 cm³/mol. The zero-order chi connectivity index (χ0) is 50.7. The zero-order valence-electron chi connectivity index (χ0n) is 46.8. The van der Waals surface area contributed by atoms with Gasteiger partial charge in [-0.1, -0.05) is 275 Å². The first-order valence-electron chi connectivity index (χ1n) is 30.6. The maximum absolute atomic E-state index is 12.9. The van der Waals surface area contributed by atoms with Crippen LogP contribution in [0.15, 0.2) is 48.6 Å². The lowest BCUT2D eigenvalue weighted by Crippen LogP contribution is -2.30. The summed E-state index contributed by atoms with van der Waals surface area (Å²) >= 11 is 0. The van der Waals surface area contributed by atoms with E-state index in [9.17, 15) is 14.4 Å². The molecule has 6 nitrogen and oxygen atoms in total. The van der Waals surface area contributed by atoms with E-state index in [4.69, 9.17) is 14.2 Å². The second-order valence-electron chi connectivity index (χ2n) is 20.6. The largest absolute Gasteiger partial charge is 0.462 e. The van der Waals surface area contributed by atoms with Gasteiger partial charge in [0.15, 0.2) is 6.10 Å². The number of ether oxygens (including phenoxy) is 3. The van der Waals surface area contributed by atoms with Gasteiger partial charge in [-0.25, -0.2) is 0 Å². The molecular formula is C64H116O6. The standard InChI is InChI=1S/C64H116O6/c1-4-7-10-13-16-19-22-25-28-30-31-32-34-36-39-42-45-48-51-54-57-63(66)69-60-61(59-68-62(65)56-53-50-47-44-41-38-35-27-24-21-18-15-12-9-6-3)70-64(67)58-55-52-49-46-43-40-37-33-29-26-23-20-17-14-11-8-5-2/h9,12,18,21,26-27,29,35,61H,4-8,10-11,13-17,19-20,22-25,28,30-34,36-60H2,1-3H3/b12-9-,21-18-,29-26-,35-27-. The second kappa shape index (κ2) is 58.9. The van der Waals surface area contributed by atoms with Gasteiger partial charge in [0.1, 0.15) is 13.2 Å². The first-order valence-corrected chi connectivity index (χ1v) is 30.6. The third-order valence-electron chi connectivity index (χ3n) is 13.6. The molecular weight excluding hydrogens is 865 g/mol. The topological polar surface area (TPSA) is 78.9 Å². The Balaban J connectivity index is 4.34. The fourth-order valence-electron chi connectivity index (χ4n) is 8.98. The monoisotopic (exact) mass is 981 g/mol. The van der Waals surface area contributed by atoms with E-state index in [0.29, 0.717) is 19.3 Å². The van der Waals surface area contributed by atoms with Gasteiger partial charge in [0.25, 0.3) is 0 Å². The summed E-state index contributed by atoms with van der Waals surface area (Å²) in [5.74, 6) is -0.881. The maximum Gasteiger partial charge on any atom is 0.306 e. The van der Waals surface area contributed by atoms with Crippen molar-refractivity contribution < 1.29 is 28.6 Å². The van der Waals surface area contributed by atoms with Crippen molar-refractivity contribution in [1.29, 1.82) is 0 Å². The molecule has 0 bridgehead atoms. The molecule has 1 unspecified atom stereocenters. The molecule has 0 heterocycles. The third kappa shape index (κ3) is 56.3. The van der Waals surface area contributed by atoms with E-state index in [1.165, 1.54) is 186 Å². The molecule has 408 valence electrons. The van der Waals surface area contributed by atoms with Crippen molar-refractivity contribution in [2.24, 2.45) is 0 Å². The van der Waals surface area contributed by atoms with Gasteiger partial charge in [0.2, 0.25) is 0 Å². The van der Waals surface area contributed by atoms with Crippen molar-refractivity contribution in [2.75, 3.05) is 13.2 Å². The van der Waals surface area contributed by atoms with Gasteiger partial charge in [0.05, 0.1) is 0 Å². The molecule has 0 aromatic heterocycles. The molecule has 6 heteroatoms. The number of unbranched alkanes of at least 4 members (excludes halogenated alkanes) is 37. The van der Waals surface area contributed by atoms with Gasteiger partial charge in [-0.05, 0) is 77.0 Å². The molecule has 0 fully saturated rings. The first-order chi connectivity index (χ1) is 34.5. The van der Waals surface area contributed by atoms with E-state index in [1.54, 1.807) is 0 Å². The lowest BCUT2D eigenvalue weighted by molar-refractivity contribution is -0.167. The normalized spacial score (nSPS) is 12.3. The van der Waals surface area contributed by atoms with Crippen molar-refractivity contribution in [3.05, 3.63) is 48.6 Å². The van der Waals surface area contributed by atoms with Crippen LogP contribution in [0.25, 0.3) is 0 Å². The van der Waals surface area contributed by atoms with Crippen LogP contribution >= 0.6 is 0 Å². The highest BCUT2D eigenvalue weighted by Gasteiger charge is 2.19. The molecule has 0 aromatic rings. The Morgan fingerprint density at radius 3 is 0.886 bits per heavy atom. The van der Waals surface area contributed by atoms with Crippen LogP contribution in [-0.4, -0.2) is 37.2 Å². The Morgan fingerprint density at radius 1 is 0.300 bits per heavy atom. The van der Waals surface area contributed by atoms with Gasteiger partial charge in [0, 0.05) is 19.3 Å². The fraction of sp³-hybridized carbons (Fsp3) is 0.828. The van der Waals surface area contributed by atoms with Crippen molar-refractivity contribution >= 4 is 17.9 Å². The van der Waals surface area contributed by atoms with E-state index in [1.807, 2.05) is 0 Å².